The van der Waals surface area contributed by atoms with E-state index in [1.807, 2.05) is 40.7 Å². The van der Waals surface area contributed by atoms with E-state index in [4.69, 9.17) is 4.74 Å². The van der Waals surface area contributed by atoms with Crippen LogP contribution in [0.15, 0.2) is 24.3 Å². The van der Waals surface area contributed by atoms with E-state index in [1.54, 1.807) is 7.11 Å². The van der Waals surface area contributed by atoms with Gasteiger partial charge < -0.3 is 24.4 Å². The van der Waals surface area contributed by atoms with E-state index in [0.717, 1.165) is 68.4 Å². The molecule has 0 radical (unpaired) electrons. The van der Waals surface area contributed by atoms with E-state index >= 15 is 0 Å². The van der Waals surface area contributed by atoms with Crippen LogP contribution in [0.3, 0.4) is 0 Å². The average Bonchev–Trinajstić information content (AvgIpc) is 3.04. The molecule has 4 rings (SSSR count). The van der Waals surface area contributed by atoms with Crippen LogP contribution in [0.25, 0.3) is 10.9 Å². The molecule has 1 aromatic heterocycles. The van der Waals surface area contributed by atoms with Crippen molar-refractivity contribution in [1.82, 2.24) is 19.7 Å². The summed E-state index contributed by atoms with van der Waals surface area (Å²) >= 11 is 0. The quantitative estimate of drug-likeness (QED) is 0.372. The third-order valence-electron chi connectivity index (χ3n) is 8.42. The van der Waals surface area contributed by atoms with Crippen LogP contribution in [-0.4, -0.2) is 71.1 Å². The molecule has 0 bridgehead atoms. The van der Waals surface area contributed by atoms with Crippen LogP contribution in [0.2, 0.25) is 0 Å². The predicted octanol–water partition coefficient (Wildman–Crippen LogP) is 5.71. The maximum atomic E-state index is 14.1. The van der Waals surface area contributed by atoms with Crippen molar-refractivity contribution in [2.75, 3.05) is 33.3 Å². The molecule has 7 heteroatoms. The minimum Gasteiger partial charge on any atom is -0.497 e. The Labute approximate surface area is 235 Å². The summed E-state index contributed by atoms with van der Waals surface area (Å²) in [5.41, 5.74) is 0.622. The van der Waals surface area contributed by atoms with Gasteiger partial charge in [0.05, 0.1) is 19.2 Å². The number of fused-ring (bicyclic) bond motifs is 3. The van der Waals surface area contributed by atoms with Gasteiger partial charge in [0, 0.05) is 37.1 Å². The van der Waals surface area contributed by atoms with E-state index in [-0.39, 0.29) is 17.9 Å². The minimum atomic E-state index is -0.966. The summed E-state index contributed by atoms with van der Waals surface area (Å²) < 4.78 is 7.51. The summed E-state index contributed by atoms with van der Waals surface area (Å²) in [6.45, 7) is 15.0. The first-order valence-corrected chi connectivity index (χ1v) is 15.1. The predicted molar refractivity (Wildman–Crippen MR) is 158 cm³/mol. The highest BCUT2D eigenvalue weighted by Crippen LogP contribution is 2.34. The van der Waals surface area contributed by atoms with Gasteiger partial charge in [-0.2, -0.15) is 0 Å². The Kier molecular flexibility index (Phi) is 9.63. The van der Waals surface area contributed by atoms with Crippen molar-refractivity contribution in [1.29, 1.82) is 0 Å². The lowest BCUT2D eigenvalue weighted by Gasteiger charge is -2.45. The molecule has 2 amide bonds. The number of carbonyl (C=O) groups excluding carboxylic acids is 2. The van der Waals surface area contributed by atoms with Crippen LogP contribution >= 0.6 is 0 Å². The van der Waals surface area contributed by atoms with Crippen LogP contribution in [0.5, 0.6) is 5.75 Å². The van der Waals surface area contributed by atoms with Gasteiger partial charge in [-0.25, -0.2) is 0 Å². The van der Waals surface area contributed by atoms with Crippen molar-refractivity contribution in [3.05, 3.63) is 30.0 Å². The van der Waals surface area contributed by atoms with Crippen molar-refractivity contribution in [3.8, 4) is 5.75 Å². The Morgan fingerprint density at radius 1 is 1.08 bits per heavy atom. The van der Waals surface area contributed by atoms with E-state index in [0.29, 0.717) is 30.6 Å². The second kappa shape index (κ2) is 12.8. The molecule has 1 fully saturated rings. The first kappa shape index (κ1) is 29.4. The van der Waals surface area contributed by atoms with Crippen molar-refractivity contribution >= 4 is 22.7 Å². The molecule has 1 unspecified atom stereocenters. The first-order valence-electron chi connectivity index (χ1n) is 15.1. The Bertz CT molecular complexity index is 1120. The Morgan fingerprint density at radius 3 is 2.36 bits per heavy atom. The van der Waals surface area contributed by atoms with Crippen LogP contribution in [-0.2, 0) is 11.3 Å². The number of amides is 2. The van der Waals surface area contributed by atoms with Crippen molar-refractivity contribution in [2.45, 2.75) is 97.7 Å². The highest BCUT2D eigenvalue weighted by molar-refractivity contribution is 6.03. The van der Waals surface area contributed by atoms with Gasteiger partial charge in [-0.15, -0.1) is 0 Å². The normalized spacial score (nSPS) is 20.6. The molecular formula is C32H50N4O3. The molecule has 0 saturated heterocycles. The molecule has 7 nitrogen and oxygen atoms in total. The van der Waals surface area contributed by atoms with Gasteiger partial charge in [0.2, 0.25) is 5.91 Å². The van der Waals surface area contributed by atoms with E-state index in [1.165, 1.54) is 12.8 Å². The highest BCUT2D eigenvalue weighted by Gasteiger charge is 2.48. The zero-order valence-corrected chi connectivity index (χ0v) is 25.1. The number of benzene rings is 1. The molecule has 2 aliphatic rings. The standard InChI is InChI=1S/C32H50N4O3/c1-23(2)20-34(21-24(3)4)16-11-17-36-30(37)29-18-25-14-15-27(39-6)19-28(25)35(29)22-32(36,5)31(38)33-26-12-9-7-8-10-13-26/h14-15,18-19,23-24,26H,7-13,16-17,20-22H2,1-6H3,(H,33,38). The second-order valence-corrected chi connectivity index (χ2v) is 12.8. The molecule has 1 atom stereocenters. The molecule has 2 heterocycles. The van der Waals surface area contributed by atoms with Gasteiger partial charge in [-0.05, 0) is 62.8 Å². The number of nitrogens with one attached hydrogen (secondary N) is 1. The van der Waals surface area contributed by atoms with E-state index in [2.05, 4.69) is 37.9 Å². The molecule has 1 aromatic carbocycles. The van der Waals surface area contributed by atoms with Gasteiger partial charge in [-0.3, -0.25) is 9.59 Å². The largest absolute Gasteiger partial charge is 0.497 e. The summed E-state index contributed by atoms with van der Waals surface area (Å²) in [7, 11) is 1.65. The summed E-state index contributed by atoms with van der Waals surface area (Å²) in [6, 6.07) is 8.05. The fraction of sp³-hybridized carbons (Fsp3) is 0.688. The van der Waals surface area contributed by atoms with Crippen molar-refractivity contribution in [3.63, 3.8) is 0 Å². The number of carbonyl (C=O) groups is 2. The van der Waals surface area contributed by atoms with Gasteiger partial charge in [0.15, 0.2) is 0 Å². The van der Waals surface area contributed by atoms with Crippen LogP contribution in [0.1, 0.15) is 90.1 Å². The van der Waals surface area contributed by atoms with Crippen LogP contribution in [0, 0.1) is 11.8 Å². The maximum absolute atomic E-state index is 14.1. The SMILES string of the molecule is COc1ccc2cc3n(c2c1)CC(C)(C(=O)NC1CCCCCC1)N(CCCN(CC(C)C)CC(C)C)C3=O. The molecule has 1 aliphatic heterocycles. The average molecular weight is 539 g/mol. The van der Waals surface area contributed by atoms with Gasteiger partial charge in [0.1, 0.15) is 17.0 Å². The minimum absolute atomic E-state index is 0.0284. The lowest BCUT2D eigenvalue weighted by molar-refractivity contribution is -0.133. The lowest BCUT2D eigenvalue weighted by Crippen LogP contribution is -2.65. The third kappa shape index (κ3) is 6.79. The van der Waals surface area contributed by atoms with Crippen LogP contribution in [0.4, 0.5) is 0 Å². The van der Waals surface area contributed by atoms with Crippen LogP contribution < -0.4 is 10.1 Å². The molecular weight excluding hydrogens is 488 g/mol. The third-order valence-corrected chi connectivity index (χ3v) is 8.42. The zero-order chi connectivity index (χ0) is 28.2. The molecule has 2 aromatic rings. The van der Waals surface area contributed by atoms with Gasteiger partial charge in [-0.1, -0.05) is 53.4 Å². The Morgan fingerprint density at radius 2 is 1.74 bits per heavy atom. The topological polar surface area (TPSA) is 66.8 Å². The highest BCUT2D eigenvalue weighted by atomic mass is 16.5. The van der Waals surface area contributed by atoms with E-state index in [9.17, 15) is 9.59 Å². The van der Waals surface area contributed by atoms with Gasteiger partial charge in [0.25, 0.3) is 5.91 Å². The molecule has 1 saturated carbocycles. The van der Waals surface area contributed by atoms with E-state index < -0.39 is 5.54 Å². The van der Waals surface area contributed by atoms with Gasteiger partial charge >= 0.3 is 0 Å². The molecule has 1 aliphatic carbocycles. The zero-order valence-electron chi connectivity index (χ0n) is 25.1. The number of ether oxygens (including phenoxy) is 1. The fourth-order valence-electron chi connectivity index (χ4n) is 6.51. The number of hydrogen-bond donors (Lipinski definition) is 1. The summed E-state index contributed by atoms with van der Waals surface area (Å²) in [5, 5.41) is 4.38. The summed E-state index contributed by atoms with van der Waals surface area (Å²) in [5.74, 6) is 1.83. The lowest BCUT2D eigenvalue weighted by atomic mass is 9.93. The molecule has 39 heavy (non-hydrogen) atoms. The molecule has 0 spiro atoms. The second-order valence-electron chi connectivity index (χ2n) is 12.8. The molecule has 216 valence electrons. The number of hydrogen-bond acceptors (Lipinski definition) is 4. The smallest absolute Gasteiger partial charge is 0.271 e. The number of aromatic nitrogens is 1. The maximum Gasteiger partial charge on any atom is 0.271 e. The van der Waals surface area contributed by atoms with Crippen molar-refractivity contribution < 1.29 is 14.3 Å². The summed E-state index contributed by atoms with van der Waals surface area (Å²) in [6.07, 6.45) is 7.64. The number of methoxy groups -OCH3 is 1. The first-order chi connectivity index (χ1) is 18.6. The number of rotatable bonds is 11. The molecule has 1 N–H and O–H groups in total. The Balaban J connectivity index is 1.62. The Hall–Kier alpha value is -2.54. The monoisotopic (exact) mass is 538 g/mol. The number of nitrogens with zero attached hydrogens (tertiary/aromatic N) is 3. The fourth-order valence-corrected chi connectivity index (χ4v) is 6.51. The van der Waals surface area contributed by atoms with Crippen molar-refractivity contribution in [2.24, 2.45) is 11.8 Å². The summed E-state index contributed by atoms with van der Waals surface area (Å²) in [4.78, 5) is 32.6.